The fourth-order valence-electron chi connectivity index (χ4n) is 10.1. The summed E-state index contributed by atoms with van der Waals surface area (Å²) in [6.45, 7) is 23.6. The van der Waals surface area contributed by atoms with E-state index in [9.17, 15) is 19.5 Å². The molecule has 1 N–H and O–H groups in total. The van der Waals surface area contributed by atoms with Gasteiger partial charge in [-0.25, -0.2) is 15.0 Å². The van der Waals surface area contributed by atoms with E-state index < -0.39 is 11.9 Å². The quantitative estimate of drug-likeness (QED) is 0.0421. The number of esters is 2. The fraction of sp³-hybridized carbons (Fsp3) is 0.527. The van der Waals surface area contributed by atoms with Crippen LogP contribution in [0, 0.1) is 35.5 Å². The zero-order valence-electron chi connectivity index (χ0n) is 40.9. The zero-order valence-corrected chi connectivity index (χ0v) is 41.9. The second kappa shape index (κ2) is 23.2. The number of hydrogen-bond donors (Lipinski definition) is 1. The number of ketones is 1. The SMILES string of the molecule is C=CC1=C(C)C2=NC1=CC1=NC(=C(CC)C1=C[O-])C=C1N=C3C(=C1C)C(=O)C(C(=O)OC)C3=C1NC(=C2)C(C)C1CCC(=O)OC/C=C(\C)CCCC(C)CCCC(C)CCCC(C)C.[Cu+2]. The first kappa shape index (κ1) is 52.1. The van der Waals surface area contributed by atoms with E-state index in [1.54, 1.807) is 6.08 Å². The molecule has 1 radical (unpaired) electrons. The number of Topliss-reactive ketones (excluding diaryl/α,β-unsaturated/α-hetero) is 1. The number of methoxy groups -OCH3 is 1. The summed E-state index contributed by atoms with van der Waals surface area (Å²) in [5.74, 6) is -0.781. The average molecular weight is 948 g/mol. The van der Waals surface area contributed by atoms with Crippen molar-refractivity contribution in [3.63, 3.8) is 0 Å². The van der Waals surface area contributed by atoms with Gasteiger partial charge >= 0.3 is 29.0 Å². The molecule has 1 aliphatic carbocycles. The first-order chi connectivity index (χ1) is 31.1. The van der Waals surface area contributed by atoms with Crippen molar-refractivity contribution in [2.24, 2.45) is 50.5 Å². The molecule has 357 valence electrons. The molecule has 0 spiro atoms. The number of nitrogens with one attached hydrogen (secondary N) is 1. The predicted molar refractivity (Wildman–Crippen MR) is 260 cm³/mol. The first-order valence-corrected chi connectivity index (χ1v) is 24.1. The van der Waals surface area contributed by atoms with Crippen molar-refractivity contribution in [2.45, 2.75) is 139 Å². The van der Waals surface area contributed by atoms with Gasteiger partial charge in [-0.05, 0) is 111 Å². The third kappa shape index (κ3) is 11.4. The minimum absolute atomic E-state index is 0. The number of nitrogens with zero attached hydrogens (tertiary/aromatic N) is 3. The molecule has 11 heteroatoms. The van der Waals surface area contributed by atoms with E-state index in [2.05, 4.69) is 53.4 Å². The Labute approximate surface area is 404 Å². The summed E-state index contributed by atoms with van der Waals surface area (Å²) in [7, 11) is 1.28. The number of allylic oxidation sites excluding steroid dienone is 12. The smallest absolute Gasteiger partial charge is 0.877 e. The van der Waals surface area contributed by atoms with E-state index in [1.165, 1.54) is 57.6 Å². The summed E-state index contributed by atoms with van der Waals surface area (Å²) in [6, 6.07) is 0. The Hall–Kier alpha value is -4.86. The Kier molecular flexibility index (Phi) is 18.3. The van der Waals surface area contributed by atoms with Crippen LogP contribution in [0.2, 0.25) is 0 Å². The molecule has 5 heterocycles. The van der Waals surface area contributed by atoms with Crippen LogP contribution < -0.4 is 10.4 Å². The van der Waals surface area contributed by atoms with E-state index in [4.69, 9.17) is 24.5 Å². The predicted octanol–water partition coefficient (Wildman–Crippen LogP) is 10.9. The maximum atomic E-state index is 14.4. The zero-order chi connectivity index (χ0) is 47.1. The molecule has 66 heavy (non-hydrogen) atoms. The Bertz CT molecular complexity index is 2360. The maximum Gasteiger partial charge on any atom is 2.00 e. The van der Waals surface area contributed by atoms with Gasteiger partial charge in [-0.2, -0.15) is 0 Å². The van der Waals surface area contributed by atoms with Crippen LogP contribution in [0.4, 0.5) is 0 Å². The molecule has 0 aromatic carbocycles. The van der Waals surface area contributed by atoms with Gasteiger partial charge in [-0.1, -0.05) is 105 Å². The summed E-state index contributed by atoms with van der Waals surface area (Å²) in [6.07, 6.45) is 22.5. The van der Waals surface area contributed by atoms with Crippen molar-refractivity contribution in [1.29, 1.82) is 0 Å². The molecular formula is C55H71CuN4O6+. The van der Waals surface area contributed by atoms with Crippen LogP contribution in [-0.4, -0.2) is 48.6 Å². The molecule has 0 amide bonds. The van der Waals surface area contributed by atoms with Gasteiger partial charge in [0.1, 0.15) is 12.5 Å². The van der Waals surface area contributed by atoms with Crippen LogP contribution in [0.25, 0.3) is 0 Å². The fourth-order valence-corrected chi connectivity index (χ4v) is 10.1. The molecule has 10 nitrogen and oxygen atoms in total. The van der Waals surface area contributed by atoms with Crippen LogP contribution in [0.3, 0.4) is 0 Å². The first-order valence-electron chi connectivity index (χ1n) is 24.1. The molecule has 1 saturated carbocycles. The van der Waals surface area contributed by atoms with Crippen LogP contribution >= 0.6 is 0 Å². The largest absolute Gasteiger partial charge is 2.00 e. The Morgan fingerprint density at radius 1 is 0.909 bits per heavy atom. The van der Waals surface area contributed by atoms with Gasteiger partial charge in [0.25, 0.3) is 0 Å². The number of hydrogen-bond acceptors (Lipinski definition) is 10. The molecule has 0 aromatic heterocycles. The van der Waals surface area contributed by atoms with E-state index in [1.807, 2.05) is 45.1 Å². The van der Waals surface area contributed by atoms with E-state index >= 15 is 0 Å². The van der Waals surface area contributed by atoms with Gasteiger partial charge in [0.05, 0.1) is 41.3 Å². The minimum Gasteiger partial charge on any atom is -0.877 e. The summed E-state index contributed by atoms with van der Waals surface area (Å²) >= 11 is 0. The van der Waals surface area contributed by atoms with Crippen molar-refractivity contribution >= 4 is 34.9 Å². The van der Waals surface area contributed by atoms with Crippen molar-refractivity contribution in [2.75, 3.05) is 13.7 Å². The summed E-state index contributed by atoms with van der Waals surface area (Å²) in [4.78, 5) is 56.4. The van der Waals surface area contributed by atoms with Crippen LogP contribution in [0.1, 0.15) is 139 Å². The molecule has 8 bridgehead atoms. The van der Waals surface area contributed by atoms with Gasteiger partial charge in [0.15, 0.2) is 5.78 Å². The standard InChI is InChI=1S/C55H72N4O6.Cu/c1-12-38-35(8)42-27-43-36(9)40(23-24-48(61)65-26-25-34(7)22-16-21-33(6)20-15-19-32(5)18-14-17-31(3)4)52(58-43)50-51(55(63)64-11)54(62)49-37(10)44(59-53(49)50)28-46-39(13-2)41(30-60)47(57-46)29-45(38)56-42;/h12,25,27-33,36,40,51,58,60H,1,13-24,26H2,2-11H3;/q;+2/p-1/b34-25+,41-30?,43-27?,44-28?,45-29?,52-50?;. The van der Waals surface area contributed by atoms with Gasteiger partial charge in [-0.15, -0.1) is 6.26 Å². The minimum atomic E-state index is -1.24. The number of rotatable bonds is 20. The molecule has 2 fully saturated rings. The Balaban J connectivity index is 0.00000817. The summed E-state index contributed by atoms with van der Waals surface area (Å²) in [5.41, 5.74) is 10.4. The average Bonchev–Trinajstić information content (AvgIpc) is 4.02. The molecule has 5 atom stereocenters. The maximum absolute atomic E-state index is 14.4. The number of ether oxygens (including phenoxy) is 2. The number of carbonyl (C=O) groups excluding carboxylic acids is 3. The molecule has 6 aliphatic rings. The molecular weight excluding hydrogens is 876 g/mol. The van der Waals surface area contributed by atoms with Crippen molar-refractivity contribution < 1.29 is 46.0 Å². The number of carbonyl (C=O) groups is 3. The second-order valence-corrected chi connectivity index (χ2v) is 19.4. The number of fused-ring (bicyclic) bond motifs is 5. The number of aliphatic imine (C=N–C) groups is 3. The normalized spacial score (nSPS) is 22.8. The van der Waals surface area contributed by atoms with Crippen molar-refractivity contribution in [3.8, 4) is 0 Å². The van der Waals surface area contributed by atoms with Gasteiger partial charge in [0, 0.05) is 46.4 Å². The molecule has 5 unspecified atom stereocenters. The monoisotopic (exact) mass is 946 g/mol. The summed E-state index contributed by atoms with van der Waals surface area (Å²) < 4.78 is 11.0. The van der Waals surface area contributed by atoms with Crippen LogP contribution in [-0.2, 0) is 40.9 Å². The molecule has 5 aliphatic heterocycles. The van der Waals surface area contributed by atoms with Gasteiger partial charge in [-0.3, -0.25) is 14.4 Å². The topological polar surface area (TPSA) is 142 Å². The van der Waals surface area contributed by atoms with Gasteiger partial charge < -0.3 is 19.9 Å². The van der Waals surface area contributed by atoms with Crippen molar-refractivity contribution in [3.05, 3.63) is 116 Å². The van der Waals surface area contributed by atoms with Gasteiger partial charge in [0.2, 0.25) is 0 Å². The van der Waals surface area contributed by atoms with E-state index in [-0.39, 0.29) is 53.7 Å². The molecule has 6 rings (SSSR count). The van der Waals surface area contributed by atoms with E-state index in [0.717, 1.165) is 53.4 Å². The Morgan fingerprint density at radius 2 is 1.59 bits per heavy atom. The van der Waals surface area contributed by atoms with Crippen LogP contribution in [0.15, 0.2) is 131 Å². The van der Waals surface area contributed by atoms with Crippen LogP contribution in [0.5, 0.6) is 0 Å². The Morgan fingerprint density at radius 3 is 2.23 bits per heavy atom. The molecule has 1 saturated heterocycles. The second-order valence-electron chi connectivity index (χ2n) is 19.4. The third-order valence-corrected chi connectivity index (χ3v) is 14.2. The molecule has 0 aromatic rings. The summed E-state index contributed by atoms with van der Waals surface area (Å²) in [5, 5.41) is 16.2. The van der Waals surface area contributed by atoms with E-state index in [0.29, 0.717) is 81.0 Å². The van der Waals surface area contributed by atoms with Crippen molar-refractivity contribution in [1.82, 2.24) is 5.32 Å². The third-order valence-electron chi connectivity index (χ3n) is 14.2.